The summed E-state index contributed by atoms with van der Waals surface area (Å²) in [7, 11) is -3.86. The van der Waals surface area contributed by atoms with Crippen LogP contribution in [0.2, 0.25) is 5.02 Å². The van der Waals surface area contributed by atoms with E-state index in [1.165, 1.54) is 24.3 Å². The first-order valence-corrected chi connectivity index (χ1v) is 7.36. The van der Waals surface area contributed by atoms with Gasteiger partial charge in [-0.1, -0.05) is 23.7 Å². The zero-order valence-corrected chi connectivity index (χ0v) is 11.6. The topological polar surface area (TPSA) is 83.5 Å². The van der Waals surface area contributed by atoms with Crippen LogP contribution in [0.15, 0.2) is 53.4 Å². The fraction of sp³-hybridized carbons (Fsp3) is 0. The van der Waals surface area contributed by atoms with Gasteiger partial charge in [-0.15, -0.1) is 0 Å². The average Bonchev–Trinajstić information content (AvgIpc) is 2.38. The van der Waals surface area contributed by atoms with E-state index in [0.717, 1.165) is 6.07 Å². The predicted octanol–water partition coefficient (Wildman–Crippen LogP) is 2.84. The SMILES string of the molecule is O=C(O)c1cccc(S(=O)(=O)Nc2cccc(Cl)c2)c1. The maximum Gasteiger partial charge on any atom is 0.335 e. The van der Waals surface area contributed by atoms with Gasteiger partial charge >= 0.3 is 5.97 Å². The quantitative estimate of drug-likeness (QED) is 0.909. The summed E-state index contributed by atoms with van der Waals surface area (Å²) in [4.78, 5) is 10.7. The lowest BCUT2D eigenvalue weighted by atomic mass is 10.2. The van der Waals surface area contributed by atoms with E-state index in [1.807, 2.05) is 0 Å². The second kappa shape index (κ2) is 5.52. The number of nitrogens with one attached hydrogen (secondary N) is 1. The van der Waals surface area contributed by atoms with E-state index < -0.39 is 16.0 Å². The summed E-state index contributed by atoms with van der Waals surface area (Å²) in [6.45, 7) is 0. The molecule has 0 radical (unpaired) electrons. The highest BCUT2D eigenvalue weighted by molar-refractivity contribution is 7.92. The molecule has 2 aromatic carbocycles. The number of sulfonamides is 1. The molecule has 0 aliphatic carbocycles. The zero-order chi connectivity index (χ0) is 14.8. The molecular weight excluding hydrogens is 302 g/mol. The minimum atomic E-state index is -3.86. The van der Waals surface area contributed by atoms with Crippen molar-refractivity contribution >= 4 is 33.3 Å². The van der Waals surface area contributed by atoms with Crippen molar-refractivity contribution in [1.82, 2.24) is 0 Å². The van der Waals surface area contributed by atoms with Gasteiger partial charge in [-0.2, -0.15) is 0 Å². The Balaban J connectivity index is 2.35. The Labute approximate surface area is 120 Å². The van der Waals surface area contributed by atoms with Crippen molar-refractivity contribution in [1.29, 1.82) is 0 Å². The maximum atomic E-state index is 12.1. The average molecular weight is 312 g/mol. The molecule has 0 unspecified atom stereocenters. The van der Waals surface area contributed by atoms with Gasteiger partial charge in [-0.25, -0.2) is 13.2 Å². The summed E-state index contributed by atoms with van der Waals surface area (Å²) >= 11 is 5.77. The molecule has 0 atom stereocenters. The second-order valence-corrected chi connectivity index (χ2v) is 6.07. The smallest absolute Gasteiger partial charge is 0.335 e. The van der Waals surface area contributed by atoms with Crippen LogP contribution in [0, 0.1) is 0 Å². The molecule has 0 aliphatic heterocycles. The molecule has 2 N–H and O–H groups in total. The van der Waals surface area contributed by atoms with Crippen LogP contribution in [0.3, 0.4) is 0 Å². The number of aromatic carboxylic acids is 1. The molecule has 0 aliphatic rings. The molecule has 0 heterocycles. The largest absolute Gasteiger partial charge is 0.478 e. The number of rotatable bonds is 4. The third-order valence-electron chi connectivity index (χ3n) is 2.47. The Kier molecular flexibility index (Phi) is 3.96. The van der Waals surface area contributed by atoms with Gasteiger partial charge in [0.25, 0.3) is 10.0 Å². The fourth-order valence-electron chi connectivity index (χ4n) is 1.56. The number of hydrogen-bond donors (Lipinski definition) is 2. The lowest BCUT2D eigenvalue weighted by molar-refractivity contribution is 0.0696. The van der Waals surface area contributed by atoms with Crippen LogP contribution in [0.25, 0.3) is 0 Å². The Morgan fingerprint density at radius 3 is 2.45 bits per heavy atom. The minimum absolute atomic E-state index is 0.0982. The van der Waals surface area contributed by atoms with Crippen LogP contribution >= 0.6 is 11.6 Å². The maximum absolute atomic E-state index is 12.1. The molecule has 104 valence electrons. The molecule has 5 nitrogen and oxygen atoms in total. The third-order valence-corrected chi connectivity index (χ3v) is 4.08. The summed E-state index contributed by atoms with van der Waals surface area (Å²) in [6, 6.07) is 11.3. The molecule has 0 saturated heterocycles. The summed E-state index contributed by atoms with van der Waals surface area (Å²) in [5.41, 5.74) is 0.206. The Morgan fingerprint density at radius 2 is 1.80 bits per heavy atom. The van der Waals surface area contributed by atoms with Crippen molar-refractivity contribution in [3.05, 3.63) is 59.1 Å². The molecular formula is C13H10ClNO4S. The van der Waals surface area contributed by atoms with E-state index >= 15 is 0 Å². The number of carboxylic acids is 1. The molecule has 0 fully saturated rings. The number of hydrogen-bond acceptors (Lipinski definition) is 3. The van der Waals surface area contributed by atoms with Crippen molar-refractivity contribution in [2.24, 2.45) is 0 Å². The molecule has 0 aromatic heterocycles. The number of anilines is 1. The van der Waals surface area contributed by atoms with Crippen molar-refractivity contribution in [3.63, 3.8) is 0 Å². The van der Waals surface area contributed by atoms with Crippen LogP contribution in [0.4, 0.5) is 5.69 Å². The van der Waals surface area contributed by atoms with Gasteiger partial charge in [-0.3, -0.25) is 4.72 Å². The first-order chi connectivity index (χ1) is 9.38. The van der Waals surface area contributed by atoms with Gasteiger partial charge < -0.3 is 5.11 Å². The lowest BCUT2D eigenvalue weighted by Gasteiger charge is -2.08. The Bertz CT molecular complexity index is 758. The van der Waals surface area contributed by atoms with Crippen LogP contribution in [-0.2, 0) is 10.0 Å². The summed E-state index contributed by atoms with van der Waals surface area (Å²) < 4.78 is 26.6. The number of benzene rings is 2. The number of halogens is 1. The molecule has 7 heteroatoms. The van der Waals surface area contributed by atoms with Gasteiger partial charge in [0.1, 0.15) is 0 Å². The molecule has 2 rings (SSSR count). The van der Waals surface area contributed by atoms with E-state index in [-0.39, 0.29) is 10.5 Å². The Morgan fingerprint density at radius 1 is 1.10 bits per heavy atom. The first-order valence-electron chi connectivity index (χ1n) is 5.50. The van der Waals surface area contributed by atoms with Gasteiger partial charge in [0, 0.05) is 5.02 Å². The standard InChI is InChI=1S/C13H10ClNO4S/c14-10-4-2-5-11(8-10)15-20(18,19)12-6-1-3-9(7-12)13(16)17/h1-8,15H,(H,16,17). The normalized spacial score (nSPS) is 11.1. The second-order valence-electron chi connectivity index (χ2n) is 3.95. The molecule has 20 heavy (non-hydrogen) atoms. The van der Waals surface area contributed by atoms with E-state index in [1.54, 1.807) is 18.2 Å². The third kappa shape index (κ3) is 3.28. The van der Waals surface area contributed by atoms with E-state index in [4.69, 9.17) is 16.7 Å². The van der Waals surface area contributed by atoms with Crippen molar-refractivity contribution < 1.29 is 18.3 Å². The first kappa shape index (κ1) is 14.4. The van der Waals surface area contributed by atoms with Crippen LogP contribution < -0.4 is 4.72 Å². The zero-order valence-electron chi connectivity index (χ0n) is 10.1. The Hall–Kier alpha value is -2.05. The van der Waals surface area contributed by atoms with Gasteiger partial charge in [0.15, 0.2) is 0 Å². The van der Waals surface area contributed by atoms with Gasteiger partial charge in [0.2, 0.25) is 0 Å². The number of carbonyl (C=O) groups is 1. The summed E-state index contributed by atoms with van der Waals surface area (Å²) in [6.07, 6.45) is 0. The van der Waals surface area contributed by atoms with E-state index in [0.29, 0.717) is 10.7 Å². The molecule has 0 saturated carbocycles. The fourth-order valence-corrected chi connectivity index (χ4v) is 2.85. The van der Waals surface area contributed by atoms with Crippen LogP contribution in [0.1, 0.15) is 10.4 Å². The monoisotopic (exact) mass is 311 g/mol. The van der Waals surface area contributed by atoms with E-state index in [2.05, 4.69) is 4.72 Å². The van der Waals surface area contributed by atoms with Crippen molar-refractivity contribution in [2.45, 2.75) is 4.90 Å². The van der Waals surface area contributed by atoms with Crippen molar-refractivity contribution in [3.8, 4) is 0 Å². The molecule has 0 spiro atoms. The van der Waals surface area contributed by atoms with Crippen LogP contribution in [0.5, 0.6) is 0 Å². The molecule has 0 amide bonds. The summed E-state index contributed by atoms with van der Waals surface area (Å²) in [5.74, 6) is -1.19. The van der Waals surface area contributed by atoms with E-state index in [9.17, 15) is 13.2 Å². The molecule has 0 bridgehead atoms. The minimum Gasteiger partial charge on any atom is -0.478 e. The van der Waals surface area contributed by atoms with Crippen LogP contribution in [-0.4, -0.2) is 19.5 Å². The number of carboxylic acid groups (broad SMARTS) is 1. The highest BCUT2D eigenvalue weighted by atomic mass is 35.5. The highest BCUT2D eigenvalue weighted by Crippen LogP contribution is 2.20. The van der Waals surface area contributed by atoms with Crippen molar-refractivity contribution in [2.75, 3.05) is 4.72 Å². The molecule has 2 aromatic rings. The summed E-state index contributed by atoms with van der Waals surface area (Å²) in [5, 5.41) is 9.26. The van der Waals surface area contributed by atoms with Gasteiger partial charge in [-0.05, 0) is 36.4 Å². The predicted molar refractivity (Wildman–Crippen MR) is 75.7 cm³/mol. The highest BCUT2D eigenvalue weighted by Gasteiger charge is 2.16. The van der Waals surface area contributed by atoms with Gasteiger partial charge in [0.05, 0.1) is 16.1 Å². The lowest BCUT2D eigenvalue weighted by Crippen LogP contribution is -2.13.